The van der Waals surface area contributed by atoms with Crippen LogP contribution in [0.15, 0.2) is 18.2 Å². The van der Waals surface area contributed by atoms with Crippen LogP contribution in [0.5, 0.6) is 0 Å². The zero-order chi connectivity index (χ0) is 9.80. The van der Waals surface area contributed by atoms with Crippen molar-refractivity contribution in [1.29, 1.82) is 0 Å². The third-order valence-electron chi connectivity index (χ3n) is 2.72. The molecule has 0 unspecified atom stereocenters. The molecule has 0 saturated heterocycles. The van der Waals surface area contributed by atoms with Gasteiger partial charge in [0.05, 0.1) is 6.67 Å². The number of aryl methyl sites for hydroxylation is 2. The fraction of sp³-hybridized carbons (Fsp3) is 0.455. The lowest BCUT2D eigenvalue weighted by Crippen LogP contribution is -2.33. The van der Waals surface area contributed by atoms with Crippen molar-refractivity contribution < 1.29 is 0 Å². The molecule has 2 rings (SSSR count). The second kappa shape index (κ2) is 4.55. The Balaban J connectivity index is 1.98. The van der Waals surface area contributed by atoms with E-state index >= 15 is 0 Å². The van der Waals surface area contributed by atoms with Crippen molar-refractivity contribution in [3.8, 4) is 0 Å². The highest BCUT2D eigenvalue weighted by Gasteiger charge is 2.10. The molecule has 1 aliphatic carbocycles. The molecule has 3 nitrogen and oxygen atoms in total. The molecule has 0 fully saturated rings. The van der Waals surface area contributed by atoms with Crippen molar-refractivity contribution in [2.75, 3.05) is 6.67 Å². The van der Waals surface area contributed by atoms with Gasteiger partial charge in [-0.15, -0.1) is 0 Å². The number of nitrogens with one attached hydrogen (secondary N) is 2. The molecular formula is C11H17N3. The lowest BCUT2D eigenvalue weighted by molar-refractivity contribution is 0.601. The zero-order valence-corrected chi connectivity index (χ0v) is 8.34. The van der Waals surface area contributed by atoms with Crippen LogP contribution in [-0.4, -0.2) is 6.67 Å². The minimum absolute atomic E-state index is 0.650. The fourth-order valence-electron chi connectivity index (χ4n) is 2.01. The molecule has 4 N–H and O–H groups in total. The van der Waals surface area contributed by atoms with Crippen LogP contribution in [0.3, 0.4) is 0 Å². The molecule has 0 saturated carbocycles. The molecule has 0 amide bonds. The number of nitrogens with two attached hydrogens (primary N) is 1. The molecule has 0 radical (unpaired) electrons. The van der Waals surface area contributed by atoms with Crippen LogP contribution >= 0.6 is 0 Å². The third kappa shape index (κ3) is 2.12. The Labute approximate surface area is 84.7 Å². The van der Waals surface area contributed by atoms with Crippen molar-refractivity contribution in [3.63, 3.8) is 0 Å². The van der Waals surface area contributed by atoms with Crippen molar-refractivity contribution in [1.82, 2.24) is 10.7 Å². The molecule has 0 bridgehead atoms. The predicted molar refractivity (Wildman–Crippen MR) is 57.5 cm³/mol. The maximum Gasteiger partial charge on any atom is 0.0590 e. The van der Waals surface area contributed by atoms with Gasteiger partial charge in [-0.25, -0.2) is 5.43 Å². The Morgan fingerprint density at radius 2 is 2.07 bits per heavy atom. The first-order valence-electron chi connectivity index (χ1n) is 5.15. The summed E-state index contributed by atoms with van der Waals surface area (Å²) in [6.07, 6.45) is 3.82. The fourth-order valence-corrected chi connectivity index (χ4v) is 2.01. The van der Waals surface area contributed by atoms with Crippen LogP contribution in [-0.2, 0) is 19.4 Å². The molecule has 1 aromatic rings. The topological polar surface area (TPSA) is 50.1 Å². The van der Waals surface area contributed by atoms with E-state index in [1.807, 2.05) is 0 Å². The third-order valence-corrected chi connectivity index (χ3v) is 2.72. The van der Waals surface area contributed by atoms with E-state index in [-0.39, 0.29) is 0 Å². The molecule has 0 aromatic heterocycles. The van der Waals surface area contributed by atoms with Crippen molar-refractivity contribution in [3.05, 3.63) is 34.9 Å². The zero-order valence-electron chi connectivity index (χ0n) is 8.34. The van der Waals surface area contributed by atoms with E-state index in [0.717, 1.165) is 6.54 Å². The number of fused-ring (bicyclic) bond motifs is 1. The predicted octanol–water partition coefficient (Wildman–Crippen LogP) is 0.686. The summed E-state index contributed by atoms with van der Waals surface area (Å²) in [6, 6.07) is 6.77. The lowest BCUT2D eigenvalue weighted by Gasteiger charge is -2.06. The Kier molecular flexibility index (Phi) is 3.14. The van der Waals surface area contributed by atoms with Gasteiger partial charge in [0.1, 0.15) is 0 Å². The first-order valence-corrected chi connectivity index (χ1v) is 5.15. The van der Waals surface area contributed by atoms with Gasteiger partial charge in [0.2, 0.25) is 0 Å². The average molecular weight is 191 g/mol. The molecule has 3 heteroatoms. The van der Waals surface area contributed by atoms with Crippen molar-refractivity contribution >= 4 is 0 Å². The van der Waals surface area contributed by atoms with Gasteiger partial charge < -0.3 is 0 Å². The van der Waals surface area contributed by atoms with Gasteiger partial charge in [0, 0.05) is 6.54 Å². The Morgan fingerprint density at radius 1 is 1.21 bits per heavy atom. The van der Waals surface area contributed by atoms with Gasteiger partial charge in [0.25, 0.3) is 0 Å². The highest BCUT2D eigenvalue weighted by atomic mass is 15.3. The number of rotatable bonds is 4. The minimum atomic E-state index is 0.650. The summed E-state index contributed by atoms with van der Waals surface area (Å²) in [5.41, 5.74) is 6.99. The monoisotopic (exact) mass is 191 g/mol. The Hall–Kier alpha value is -0.900. The van der Waals surface area contributed by atoms with E-state index in [1.54, 1.807) is 0 Å². The van der Waals surface area contributed by atoms with Crippen molar-refractivity contribution in [2.24, 2.45) is 5.84 Å². The quantitative estimate of drug-likeness (QED) is 0.284. The van der Waals surface area contributed by atoms with Gasteiger partial charge in [-0.3, -0.25) is 11.2 Å². The highest BCUT2D eigenvalue weighted by Crippen LogP contribution is 2.22. The largest absolute Gasteiger partial charge is 0.299 e. The molecule has 1 aromatic carbocycles. The molecule has 0 heterocycles. The van der Waals surface area contributed by atoms with Crippen LogP contribution in [0.1, 0.15) is 23.1 Å². The molecule has 0 atom stereocenters. The van der Waals surface area contributed by atoms with E-state index < -0.39 is 0 Å². The maximum absolute atomic E-state index is 5.17. The standard InChI is InChI=1S/C11H17N3/c12-14-8-13-7-9-4-5-10-2-1-3-11(10)6-9/h4-6,13-14H,1-3,7-8,12H2. The first-order chi connectivity index (χ1) is 6.90. The number of hydrazine groups is 1. The van der Waals surface area contributed by atoms with E-state index in [0.29, 0.717) is 6.67 Å². The summed E-state index contributed by atoms with van der Waals surface area (Å²) in [5, 5.41) is 3.21. The summed E-state index contributed by atoms with van der Waals surface area (Å²) < 4.78 is 0. The highest BCUT2D eigenvalue weighted by molar-refractivity contribution is 5.35. The molecule has 76 valence electrons. The second-order valence-electron chi connectivity index (χ2n) is 3.76. The number of hydrogen-bond donors (Lipinski definition) is 3. The average Bonchev–Trinajstić information content (AvgIpc) is 2.65. The van der Waals surface area contributed by atoms with Gasteiger partial charge in [-0.1, -0.05) is 18.2 Å². The Morgan fingerprint density at radius 3 is 2.93 bits per heavy atom. The summed E-state index contributed by atoms with van der Waals surface area (Å²) in [7, 11) is 0. The van der Waals surface area contributed by atoms with Gasteiger partial charge in [-0.2, -0.15) is 0 Å². The number of hydrogen-bond acceptors (Lipinski definition) is 3. The van der Waals surface area contributed by atoms with Crippen LogP contribution in [0.2, 0.25) is 0 Å². The summed E-state index contributed by atoms with van der Waals surface area (Å²) in [4.78, 5) is 0. The number of benzene rings is 1. The van der Waals surface area contributed by atoms with Gasteiger partial charge in [-0.05, 0) is 36.0 Å². The van der Waals surface area contributed by atoms with Gasteiger partial charge in [0.15, 0.2) is 0 Å². The maximum atomic E-state index is 5.17. The lowest BCUT2D eigenvalue weighted by atomic mass is 10.1. The van der Waals surface area contributed by atoms with E-state index in [9.17, 15) is 0 Å². The summed E-state index contributed by atoms with van der Waals surface area (Å²) in [5.74, 6) is 5.17. The summed E-state index contributed by atoms with van der Waals surface area (Å²) >= 11 is 0. The second-order valence-corrected chi connectivity index (χ2v) is 3.76. The van der Waals surface area contributed by atoms with E-state index in [1.165, 1.54) is 36.0 Å². The van der Waals surface area contributed by atoms with Crippen LogP contribution in [0, 0.1) is 0 Å². The molecule has 0 aliphatic heterocycles. The SMILES string of the molecule is NNCNCc1ccc2c(c1)CCC2. The van der Waals surface area contributed by atoms with Crippen LogP contribution in [0.4, 0.5) is 0 Å². The Bertz CT molecular complexity index is 309. The first kappa shape index (κ1) is 9.65. The van der Waals surface area contributed by atoms with Gasteiger partial charge >= 0.3 is 0 Å². The molecule has 14 heavy (non-hydrogen) atoms. The summed E-state index contributed by atoms with van der Waals surface area (Å²) in [6.45, 7) is 1.54. The van der Waals surface area contributed by atoms with E-state index in [2.05, 4.69) is 28.9 Å². The van der Waals surface area contributed by atoms with Crippen molar-refractivity contribution in [2.45, 2.75) is 25.8 Å². The van der Waals surface area contributed by atoms with Crippen LogP contribution < -0.4 is 16.6 Å². The normalized spacial score (nSPS) is 14.4. The molecular weight excluding hydrogens is 174 g/mol. The van der Waals surface area contributed by atoms with E-state index in [4.69, 9.17) is 5.84 Å². The smallest absolute Gasteiger partial charge is 0.0590 e. The molecule has 0 spiro atoms. The minimum Gasteiger partial charge on any atom is -0.299 e. The van der Waals surface area contributed by atoms with Crippen LogP contribution in [0.25, 0.3) is 0 Å². The molecule has 1 aliphatic rings.